The highest BCUT2D eigenvalue weighted by Gasteiger charge is 2.23. The topological polar surface area (TPSA) is 33.5 Å². The highest BCUT2D eigenvalue weighted by atomic mass is 15.3. The van der Waals surface area contributed by atoms with Gasteiger partial charge in [-0.15, -0.1) is 0 Å². The van der Waals surface area contributed by atoms with Crippen LogP contribution in [0.1, 0.15) is 11.6 Å². The summed E-state index contributed by atoms with van der Waals surface area (Å²) in [6.45, 7) is 4.00. The van der Waals surface area contributed by atoms with Crippen LogP contribution in [0.2, 0.25) is 0 Å². The predicted octanol–water partition coefficient (Wildman–Crippen LogP) is 1.56. The average Bonchev–Trinajstić information content (AvgIpc) is 2.42. The standard InChI is InChI=1S/C15H22N4/c1-17(2)14-6-4-13(5-7-14)15(12-16)19-10-8-18(3)9-11-19/h4-7,15H,8-11H2,1-3H3. The van der Waals surface area contributed by atoms with Gasteiger partial charge in [-0.2, -0.15) is 5.26 Å². The minimum absolute atomic E-state index is 0.120. The van der Waals surface area contributed by atoms with Gasteiger partial charge < -0.3 is 9.80 Å². The first-order valence-corrected chi connectivity index (χ1v) is 6.71. The van der Waals surface area contributed by atoms with Gasteiger partial charge in [-0.25, -0.2) is 0 Å². The Kier molecular flexibility index (Phi) is 4.41. The maximum absolute atomic E-state index is 9.46. The Hall–Kier alpha value is -1.57. The molecule has 0 aliphatic carbocycles. The molecule has 1 aliphatic heterocycles. The van der Waals surface area contributed by atoms with E-state index in [9.17, 15) is 5.26 Å². The van der Waals surface area contributed by atoms with E-state index in [-0.39, 0.29) is 6.04 Å². The Labute approximate surface area is 115 Å². The van der Waals surface area contributed by atoms with E-state index < -0.39 is 0 Å². The molecule has 2 rings (SSSR count). The number of hydrogen-bond donors (Lipinski definition) is 0. The predicted molar refractivity (Wildman–Crippen MR) is 78.2 cm³/mol. The lowest BCUT2D eigenvalue weighted by Gasteiger charge is -2.35. The van der Waals surface area contributed by atoms with Crippen LogP contribution in [0.15, 0.2) is 24.3 Å². The molecule has 1 unspecified atom stereocenters. The van der Waals surface area contributed by atoms with Crippen molar-refractivity contribution in [1.82, 2.24) is 9.80 Å². The second-order valence-electron chi connectivity index (χ2n) is 5.36. The lowest BCUT2D eigenvalue weighted by atomic mass is 10.0. The van der Waals surface area contributed by atoms with E-state index >= 15 is 0 Å². The molecule has 0 spiro atoms. The zero-order valence-electron chi connectivity index (χ0n) is 12.0. The van der Waals surface area contributed by atoms with Crippen LogP contribution < -0.4 is 4.90 Å². The van der Waals surface area contributed by atoms with Crippen molar-refractivity contribution in [2.75, 3.05) is 52.2 Å². The van der Waals surface area contributed by atoms with Crippen molar-refractivity contribution in [2.24, 2.45) is 0 Å². The van der Waals surface area contributed by atoms with Crippen LogP contribution in [0.25, 0.3) is 0 Å². The summed E-state index contributed by atoms with van der Waals surface area (Å²) in [5.74, 6) is 0. The zero-order valence-corrected chi connectivity index (χ0v) is 12.0. The normalized spacial score (nSPS) is 18.8. The van der Waals surface area contributed by atoms with Crippen molar-refractivity contribution in [3.05, 3.63) is 29.8 Å². The summed E-state index contributed by atoms with van der Waals surface area (Å²) < 4.78 is 0. The van der Waals surface area contributed by atoms with E-state index in [1.807, 2.05) is 14.1 Å². The maximum atomic E-state index is 9.46. The monoisotopic (exact) mass is 258 g/mol. The average molecular weight is 258 g/mol. The molecule has 0 saturated carbocycles. The molecule has 102 valence electrons. The van der Waals surface area contributed by atoms with Crippen LogP contribution in [0, 0.1) is 11.3 Å². The highest BCUT2D eigenvalue weighted by molar-refractivity contribution is 5.47. The molecule has 0 N–H and O–H groups in total. The third kappa shape index (κ3) is 3.25. The second kappa shape index (κ2) is 6.05. The molecule has 1 aromatic rings. The van der Waals surface area contributed by atoms with Crippen LogP contribution in [0.4, 0.5) is 5.69 Å². The number of rotatable bonds is 3. The molecule has 1 saturated heterocycles. The van der Waals surface area contributed by atoms with Crippen LogP contribution in [0.5, 0.6) is 0 Å². The van der Waals surface area contributed by atoms with Gasteiger partial charge in [0.25, 0.3) is 0 Å². The van der Waals surface area contributed by atoms with E-state index in [1.165, 1.54) is 5.69 Å². The van der Waals surface area contributed by atoms with Crippen molar-refractivity contribution in [3.63, 3.8) is 0 Å². The zero-order chi connectivity index (χ0) is 13.8. The minimum Gasteiger partial charge on any atom is -0.378 e. The molecule has 0 radical (unpaired) electrons. The lowest BCUT2D eigenvalue weighted by Crippen LogP contribution is -2.45. The van der Waals surface area contributed by atoms with Gasteiger partial charge in [-0.3, -0.25) is 4.90 Å². The number of hydrogen-bond acceptors (Lipinski definition) is 4. The number of nitrogens with zero attached hydrogens (tertiary/aromatic N) is 4. The molecule has 19 heavy (non-hydrogen) atoms. The van der Waals surface area contributed by atoms with E-state index in [2.05, 4.69) is 52.1 Å². The molecule has 0 bridgehead atoms. The number of likely N-dealkylation sites (N-methyl/N-ethyl adjacent to an activating group) is 1. The van der Waals surface area contributed by atoms with Gasteiger partial charge in [0.2, 0.25) is 0 Å². The summed E-state index contributed by atoms with van der Waals surface area (Å²) in [6.07, 6.45) is 0. The van der Waals surface area contributed by atoms with Crippen LogP contribution in [-0.2, 0) is 0 Å². The van der Waals surface area contributed by atoms with Crippen LogP contribution in [-0.4, -0.2) is 57.1 Å². The fraction of sp³-hybridized carbons (Fsp3) is 0.533. The summed E-state index contributed by atoms with van der Waals surface area (Å²) in [5, 5.41) is 9.46. The molecule has 0 amide bonds. The molecular weight excluding hydrogens is 236 g/mol. The van der Waals surface area contributed by atoms with E-state index in [1.54, 1.807) is 0 Å². The minimum atomic E-state index is -0.120. The Balaban J connectivity index is 2.11. The van der Waals surface area contributed by atoms with Gasteiger partial charge in [0.05, 0.1) is 6.07 Å². The summed E-state index contributed by atoms with van der Waals surface area (Å²) in [6, 6.07) is 10.6. The third-order valence-corrected chi connectivity index (χ3v) is 3.75. The smallest absolute Gasteiger partial charge is 0.123 e. The van der Waals surface area contributed by atoms with Crippen molar-refractivity contribution >= 4 is 5.69 Å². The third-order valence-electron chi connectivity index (χ3n) is 3.75. The SMILES string of the molecule is CN1CCN(C(C#N)c2ccc(N(C)C)cc2)CC1. The Morgan fingerprint density at radius 1 is 1.11 bits per heavy atom. The molecule has 0 aromatic heterocycles. The maximum Gasteiger partial charge on any atom is 0.123 e. The van der Waals surface area contributed by atoms with Gasteiger partial charge in [-0.1, -0.05) is 12.1 Å². The second-order valence-corrected chi connectivity index (χ2v) is 5.36. The molecule has 4 nitrogen and oxygen atoms in total. The summed E-state index contributed by atoms with van der Waals surface area (Å²) in [5.41, 5.74) is 2.26. The van der Waals surface area contributed by atoms with Gasteiger partial charge in [0.1, 0.15) is 6.04 Å². The Morgan fingerprint density at radius 2 is 1.68 bits per heavy atom. The van der Waals surface area contributed by atoms with Crippen molar-refractivity contribution in [1.29, 1.82) is 5.26 Å². The first kappa shape index (κ1) is 13.9. The molecule has 1 heterocycles. The van der Waals surface area contributed by atoms with Crippen molar-refractivity contribution in [2.45, 2.75) is 6.04 Å². The fourth-order valence-corrected chi connectivity index (χ4v) is 2.40. The highest BCUT2D eigenvalue weighted by Crippen LogP contribution is 2.23. The van der Waals surface area contributed by atoms with E-state index in [4.69, 9.17) is 0 Å². The van der Waals surface area contributed by atoms with Gasteiger partial charge in [0, 0.05) is 46.0 Å². The molecule has 1 aromatic carbocycles. The molecule has 1 atom stereocenters. The Morgan fingerprint density at radius 3 is 2.16 bits per heavy atom. The van der Waals surface area contributed by atoms with Crippen molar-refractivity contribution < 1.29 is 0 Å². The first-order chi connectivity index (χ1) is 9.11. The fourth-order valence-electron chi connectivity index (χ4n) is 2.40. The molecular formula is C15H22N4. The van der Waals surface area contributed by atoms with Gasteiger partial charge >= 0.3 is 0 Å². The number of piperazine rings is 1. The number of benzene rings is 1. The summed E-state index contributed by atoms with van der Waals surface area (Å²) >= 11 is 0. The van der Waals surface area contributed by atoms with Crippen molar-refractivity contribution in [3.8, 4) is 6.07 Å². The van der Waals surface area contributed by atoms with Gasteiger partial charge in [-0.05, 0) is 24.7 Å². The number of anilines is 1. The summed E-state index contributed by atoms with van der Waals surface area (Å²) in [7, 11) is 6.18. The first-order valence-electron chi connectivity index (χ1n) is 6.71. The van der Waals surface area contributed by atoms with Gasteiger partial charge in [0.15, 0.2) is 0 Å². The quantitative estimate of drug-likeness (QED) is 0.824. The summed E-state index contributed by atoms with van der Waals surface area (Å²) in [4.78, 5) is 6.64. The lowest BCUT2D eigenvalue weighted by molar-refractivity contribution is 0.133. The molecule has 1 aliphatic rings. The number of nitriles is 1. The van der Waals surface area contributed by atoms with Crippen LogP contribution >= 0.6 is 0 Å². The molecule has 1 fully saturated rings. The molecule has 4 heteroatoms. The van der Waals surface area contributed by atoms with Crippen LogP contribution in [0.3, 0.4) is 0 Å². The van der Waals surface area contributed by atoms with E-state index in [0.717, 1.165) is 31.7 Å². The largest absolute Gasteiger partial charge is 0.378 e. The Bertz CT molecular complexity index is 438. The van der Waals surface area contributed by atoms with E-state index in [0.29, 0.717) is 0 Å².